The Morgan fingerprint density at radius 1 is 1.06 bits per heavy atom. The zero-order chi connectivity index (χ0) is 24.6. The van der Waals surface area contributed by atoms with Crippen molar-refractivity contribution in [1.82, 2.24) is 19.3 Å². The summed E-state index contributed by atoms with van der Waals surface area (Å²) >= 11 is 0. The van der Waals surface area contributed by atoms with E-state index in [4.69, 9.17) is 5.73 Å². The van der Waals surface area contributed by atoms with Crippen LogP contribution >= 0.6 is 0 Å². The number of benzene rings is 2. The van der Waals surface area contributed by atoms with Crippen molar-refractivity contribution in [3.8, 4) is 22.4 Å². The monoisotopic (exact) mass is 488 g/mol. The molecule has 1 aliphatic heterocycles. The predicted molar refractivity (Wildman–Crippen MR) is 140 cm³/mol. The Bertz CT molecular complexity index is 1490. The van der Waals surface area contributed by atoms with Crippen LogP contribution in [-0.2, 0) is 10.0 Å². The molecule has 0 saturated carbocycles. The number of aromatic nitrogens is 3. The zero-order valence-corrected chi connectivity index (χ0v) is 20.4. The van der Waals surface area contributed by atoms with Gasteiger partial charge in [0.25, 0.3) is 0 Å². The largest absolute Gasteiger partial charge is 0.383 e. The molecule has 0 spiro atoms. The van der Waals surface area contributed by atoms with Gasteiger partial charge in [-0.15, -0.1) is 0 Å². The molecule has 4 N–H and O–H groups in total. The molecule has 180 valence electrons. The van der Waals surface area contributed by atoms with E-state index in [2.05, 4.69) is 26.8 Å². The van der Waals surface area contributed by atoms with Crippen LogP contribution in [-0.4, -0.2) is 47.3 Å². The first-order chi connectivity index (χ1) is 16.8. The fourth-order valence-electron chi connectivity index (χ4n) is 4.43. The van der Waals surface area contributed by atoms with Crippen molar-refractivity contribution in [3.63, 3.8) is 0 Å². The van der Waals surface area contributed by atoms with Gasteiger partial charge in [-0.25, -0.2) is 18.4 Å². The minimum absolute atomic E-state index is 0.293. The van der Waals surface area contributed by atoms with E-state index in [0.29, 0.717) is 41.4 Å². The van der Waals surface area contributed by atoms with Gasteiger partial charge in [0, 0.05) is 30.9 Å². The predicted octanol–water partition coefficient (Wildman–Crippen LogP) is 4.65. The van der Waals surface area contributed by atoms with Gasteiger partial charge in [-0.3, -0.25) is 0 Å². The molecule has 0 bridgehead atoms. The summed E-state index contributed by atoms with van der Waals surface area (Å²) in [5.41, 5.74) is 12.4. The number of fused-ring (bicyclic) bond motifs is 1. The Balaban J connectivity index is 1.57. The summed E-state index contributed by atoms with van der Waals surface area (Å²) in [6.45, 7) is 7.75. The zero-order valence-electron chi connectivity index (χ0n) is 19.6. The van der Waals surface area contributed by atoms with Crippen LogP contribution < -0.4 is 11.1 Å². The molecule has 1 fully saturated rings. The minimum Gasteiger partial charge on any atom is -0.383 e. The number of aromatic amines is 1. The van der Waals surface area contributed by atoms with E-state index in [1.165, 1.54) is 6.33 Å². The highest BCUT2D eigenvalue weighted by Gasteiger charge is 2.27. The molecule has 5 rings (SSSR count). The summed E-state index contributed by atoms with van der Waals surface area (Å²) in [4.78, 5) is 12.2. The van der Waals surface area contributed by atoms with Gasteiger partial charge in [0.1, 0.15) is 17.8 Å². The highest BCUT2D eigenvalue weighted by atomic mass is 32.2. The molecule has 4 aromatic rings. The topological polar surface area (TPSA) is 117 Å². The maximum absolute atomic E-state index is 13.0. The molecule has 0 atom stereocenters. The Kier molecular flexibility index (Phi) is 6.04. The number of hydrogen-bond acceptors (Lipinski definition) is 6. The number of nitrogens with two attached hydrogens (primary N) is 1. The molecule has 2 aromatic carbocycles. The maximum Gasteiger partial charge on any atom is 0.243 e. The lowest BCUT2D eigenvalue weighted by Crippen LogP contribution is -2.27. The molecule has 0 amide bonds. The molecule has 0 unspecified atom stereocenters. The maximum atomic E-state index is 13.0. The van der Waals surface area contributed by atoms with E-state index in [-0.39, 0.29) is 0 Å². The van der Waals surface area contributed by atoms with Gasteiger partial charge >= 0.3 is 0 Å². The fraction of sp³-hybridized carbons (Fsp3) is 0.231. The molecule has 2 aromatic heterocycles. The second-order valence-corrected chi connectivity index (χ2v) is 10.8. The van der Waals surface area contributed by atoms with Gasteiger partial charge < -0.3 is 16.0 Å². The summed E-state index contributed by atoms with van der Waals surface area (Å²) in [5.74, 6) is 0.362. The van der Waals surface area contributed by atoms with E-state index in [9.17, 15) is 8.42 Å². The molecule has 0 radical (unpaired) electrons. The quantitative estimate of drug-likeness (QED) is 0.326. The highest BCUT2D eigenvalue weighted by molar-refractivity contribution is 7.89. The van der Waals surface area contributed by atoms with E-state index in [0.717, 1.165) is 46.5 Å². The average molecular weight is 489 g/mol. The van der Waals surface area contributed by atoms with Crippen LogP contribution in [0.1, 0.15) is 19.8 Å². The van der Waals surface area contributed by atoms with Crippen LogP contribution in [0.3, 0.4) is 0 Å². The first-order valence-corrected chi connectivity index (χ1v) is 13.0. The number of anilines is 2. The van der Waals surface area contributed by atoms with Crippen molar-refractivity contribution in [3.05, 3.63) is 67.0 Å². The molecule has 1 aliphatic rings. The summed E-state index contributed by atoms with van der Waals surface area (Å²) in [5, 5.41) is 4.05. The lowest BCUT2D eigenvalue weighted by Gasteiger charge is -2.16. The second kappa shape index (κ2) is 9.16. The molecule has 9 heteroatoms. The van der Waals surface area contributed by atoms with Crippen LogP contribution in [0.25, 0.3) is 33.4 Å². The Hall–Kier alpha value is -3.69. The Morgan fingerprint density at radius 3 is 2.37 bits per heavy atom. The van der Waals surface area contributed by atoms with Gasteiger partial charge in [-0.1, -0.05) is 36.4 Å². The van der Waals surface area contributed by atoms with Gasteiger partial charge in [0.05, 0.1) is 16.0 Å². The number of rotatable bonds is 7. The molecule has 1 saturated heterocycles. The molecule has 3 heterocycles. The van der Waals surface area contributed by atoms with E-state index < -0.39 is 10.0 Å². The highest BCUT2D eigenvalue weighted by Crippen LogP contribution is 2.40. The van der Waals surface area contributed by atoms with Crippen LogP contribution in [0, 0.1) is 0 Å². The molecule has 0 aliphatic carbocycles. The summed E-state index contributed by atoms with van der Waals surface area (Å²) in [7, 11) is -3.49. The van der Waals surface area contributed by atoms with Crippen molar-refractivity contribution < 1.29 is 8.42 Å². The Morgan fingerprint density at radius 2 is 1.71 bits per heavy atom. The fourth-order valence-corrected chi connectivity index (χ4v) is 5.95. The van der Waals surface area contributed by atoms with Crippen molar-refractivity contribution in [1.29, 1.82) is 0 Å². The first-order valence-electron chi connectivity index (χ1n) is 11.6. The normalized spacial score (nSPS) is 14.4. The Labute approximate surface area is 205 Å². The van der Waals surface area contributed by atoms with Crippen molar-refractivity contribution >= 4 is 32.6 Å². The van der Waals surface area contributed by atoms with Crippen molar-refractivity contribution in [2.75, 3.05) is 30.7 Å². The minimum atomic E-state index is -3.49. The SMILES string of the molecule is C=C(C)CNc1ccc(-c2[nH]c3ncnc(N)c3c2-c2ccc(S(=O)(=O)N3CCCC3)cc2)cc1. The van der Waals surface area contributed by atoms with Crippen molar-refractivity contribution in [2.45, 2.75) is 24.7 Å². The standard InChI is InChI=1S/C26H28N6O2S/c1-17(2)15-28-20-9-5-19(6-10-20)24-22(23-25(27)29-16-30-26(23)31-24)18-7-11-21(12-8-18)35(33,34)32-13-3-4-14-32/h5-12,16,28H,1,3-4,13-15H2,2H3,(H3,27,29,30,31). The smallest absolute Gasteiger partial charge is 0.243 e. The number of nitrogens with one attached hydrogen (secondary N) is 2. The molecule has 8 nitrogen and oxygen atoms in total. The number of nitrogens with zero attached hydrogens (tertiary/aromatic N) is 3. The van der Waals surface area contributed by atoms with Crippen LogP contribution in [0.15, 0.2) is 71.9 Å². The average Bonchev–Trinajstić information content (AvgIpc) is 3.53. The molecule has 35 heavy (non-hydrogen) atoms. The van der Waals surface area contributed by atoms with E-state index in [1.54, 1.807) is 16.4 Å². The molecular weight excluding hydrogens is 460 g/mol. The van der Waals surface area contributed by atoms with Crippen molar-refractivity contribution in [2.24, 2.45) is 0 Å². The van der Waals surface area contributed by atoms with E-state index >= 15 is 0 Å². The van der Waals surface area contributed by atoms with E-state index in [1.807, 2.05) is 43.3 Å². The number of hydrogen-bond donors (Lipinski definition) is 3. The number of nitrogen functional groups attached to an aromatic ring is 1. The van der Waals surface area contributed by atoms with Crippen LogP contribution in [0.5, 0.6) is 0 Å². The lowest BCUT2D eigenvalue weighted by atomic mass is 9.99. The first kappa shape index (κ1) is 23.1. The third-order valence-electron chi connectivity index (χ3n) is 6.23. The lowest BCUT2D eigenvalue weighted by molar-refractivity contribution is 0.477. The second-order valence-electron chi connectivity index (χ2n) is 8.88. The number of sulfonamides is 1. The van der Waals surface area contributed by atoms with Gasteiger partial charge in [-0.05, 0) is 55.2 Å². The van der Waals surface area contributed by atoms with Gasteiger partial charge in [-0.2, -0.15) is 4.31 Å². The van der Waals surface area contributed by atoms with Gasteiger partial charge in [0.2, 0.25) is 10.0 Å². The third-order valence-corrected chi connectivity index (χ3v) is 8.15. The summed E-state index contributed by atoms with van der Waals surface area (Å²) in [6.07, 6.45) is 3.23. The summed E-state index contributed by atoms with van der Waals surface area (Å²) < 4.78 is 27.5. The van der Waals surface area contributed by atoms with Crippen LogP contribution in [0.4, 0.5) is 11.5 Å². The molecular formula is C26H28N6O2S. The summed E-state index contributed by atoms with van der Waals surface area (Å²) in [6, 6.07) is 15.0. The third kappa shape index (κ3) is 4.40. The van der Waals surface area contributed by atoms with Crippen LogP contribution in [0.2, 0.25) is 0 Å². The van der Waals surface area contributed by atoms with Gasteiger partial charge in [0.15, 0.2) is 0 Å². The number of H-pyrrole nitrogens is 1.